The SMILES string of the molecule is O=C(O)C1CCN(C(=O)NCc2ccncc2)C1. The molecule has 2 rings (SSSR count). The summed E-state index contributed by atoms with van der Waals surface area (Å²) >= 11 is 0. The summed E-state index contributed by atoms with van der Waals surface area (Å²) in [6.45, 7) is 1.21. The molecule has 1 fully saturated rings. The first-order valence-corrected chi connectivity index (χ1v) is 5.81. The summed E-state index contributed by atoms with van der Waals surface area (Å²) in [5.41, 5.74) is 0.965. The molecule has 1 saturated heterocycles. The van der Waals surface area contributed by atoms with Gasteiger partial charge in [-0.1, -0.05) is 0 Å². The molecule has 1 aliphatic heterocycles. The molecule has 1 aromatic rings. The Balaban J connectivity index is 1.81. The lowest BCUT2D eigenvalue weighted by Crippen LogP contribution is -2.38. The lowest BCUT2D eigenvalue weighted by Gasteiger charge is -2.16. The molecule has 1 aliphatic rings. The number of carbonyl (C=O) groups excluding carboxylic acids is 1. The smallest absolute Gasteiger partial charge is 0.317 e. The number of hydrogen-bond donors (Lipinski definition) is 2. The predicted octanol–water partition coefficient (Wildman–Crippen LogP) is 0.698. The van der Waals surface area contributed by atoms with Crippen molar-refractivity contribution in [3.05, 3.63) is 30.1 Å². The Hall–Kier alpha value is -2.11. The van der Waals surface area contributed by atoms with Gasteiger partial charge in [0, 0.05) is 32.0 Å². The van der Waals surface area contributed by atoms with Gasteiger partial charge in [-0.15, -0.1) is 0 Å². The number of carboxylic acids is 1. The monoisotopic (exact) mass is 249 g/mol. The van der Waals surface area contributed by atoms with Gasteiger partial charge in [-0.2, -0.15) is 0 Å². The molecule has 1 aromatic heterocycles. The second-order valence-electron chi connectivity index (χ2n) is 4.28. The van der Waals surface area contributed by atoms with Crippen LogP contribution in [0.4, 0.5) is 4.79 Å². The van der Waals surface area contributed by atoms with Crippen molar-refractivity contribution in [1.29, 1.82) is 0 Å². The lowest BCUT2D eigenvalue weighted by atomic mass is 10.1. The highest BCUT2D eigenvalue weighted by atomic mass is 16.4. The molecule has 2 heterocycles. The van der Waals surface area contributed by atoms with E-state index < -0.39 is 11.9 Å². The average molecular weight is 249 g/mol. The first kappa shape index (κ1) is 12.3. The highest BCUT2D eigenvalue weighted by Gasteiger charge is 2.30. The topological polar surface area (TPSA) is 82.5 Å². The van der Waals surface area contributed by atoms with Gasteiger partial charge in [0.15, 0.2) is 0 Å². The Morgan fingerprint density at radius 2 is 2.17 bits per heavy atom. The number of hydrogen-bond acceptors (Lipinski definition) is 3. The second-order valence-corrected chi connectivity index (χ2v) is 4.28. The van der Waals surface area contributed by atoms with Crippen molar-refractivity contribution in [1.82, 2.24) is 15.2 Å². The van der Waals surface area contributed by atoms with Gasteiger partial charge in [-0.05, 0) is 24.1 Å². The maximum atomic E-state index is 11.8. The van der Waals surface area contributed by atoms with Crippen LogP contribution in [0.2, 0.25) is 0 Å². The summed E-state index contributed by atoms with van der Waals surface area (Å²) in [5, 5.41) is 11.6. The molecule has 0 aromatic carbocycles. The lowest BCUT2D eigenvalue weighted by molar-refractivity contribution is -0.141. The van der Waals surface area contributed by atoms with Crippen molar-refractivity contribution in [2.75, 3.05) is 13.1 Å². The molecule has 0 bridgehead atoms. The van der Waals surface area contributed by atoms with Crippen molar-refractivity contribution in [3.63, 3.8) is 0 Å². The van der Waals surface area contributed by atoms with E-state index in [1.165, 1.54) is 0 Å². The van der Waals surface area contributed by atoms with E-state index in [9.17, 15) is 9.59 Å². The molecule has 96 valence electrons. The maximum Gasteiger partial charge on any atom is 0.317 e. The van der Waals surface area contributed by atoms with Gasteiger partial charge in [-0.3, -0.25) is 9.78 Å². The Morgan fingerprint density at radius 1 is 1.44 bits per heavy atom. The van der Waals surface area contributed by atoms with Gasteiger partial charge in [0.05, 0.1) is 5.92 Å². The highest BCUT2D eigenvalue weighted by molar-refractivity contribution is 5.77. The van der Waals surface area contributed by atoms with E-state index in [4.69, 9.17) is 5.11 Å². The largest absolute Gasteiger partial charge is 0.481 e. The van der Waals surface area contributed by atoms with Gasteiger partial charge in [0.1, 0.15) is 0 Å². The van der Waals surface area contributed by atoms with E-state index in [2.05, 4.69) is 10.3 Å². The van der Waals surface area contributed by atoms with E-state index >= 15 is 0 Å². The van der Waals surface area contributed by atoms with E-state index in [1.54, 1.807) is 17.3 Å². The molecule has 6 nitrogen and oxygen atoms in total. The van der Waals surface area contributed by atoms with E-state index in [0.29, 0.717) is 19.5 Å². The molecular weight excluding hydrogens is 234 g/mol. The Labute approximate surface area is 105 Å². The van der Waals surface area contributed by atoms with Gasteiger partial charge in [-0.25, -0.2) is 4.79 Å². The summed E-state index contributed by atoms with van der Waals surface area (Å²) in [6, 6.07) is 3.44. The molecule has 1 atom stereocenters. The molecule has 0 saturated carbocycles. The zero-order chi connectivity index (χ0) is 13.0. The van der Waals surface area contributed by atoms with Crippen LogP contribution < -0.4 is 5.32 Å². The first-order valence-electron chi connectivity index (χ1n) is 5.81. The van der Waals surface area contributed by atoms with Crippen molar-refractivity contribution < 1.29 is 14.7 Å². The number of amides is 2. The number of carbonyl (C=O) groups is 2. The molecule has 0 radical (unpaired) electrons. The standard InChI is InChI=1S/C12H15N3O3/c16-11(17)10-3-6-15(8-10)12(18)14-7-9-1-4-13-5-2-9/h1-2,4-5,10H,3,6-8H2,(H,14,18)(H,16,17). The molecular formula is C12H15N3O3. The predicted molar refractivity (Wildman–Crippen MR) is 63.8 cm³/mol. The number of pyridine rings is 1. The number of carboxylic acid groups (broad SMARTS) is 1. The Bertz CT molecular complexity index is 435. The fourth-order valence-electron chi connectivity index (χ4n) is 1.94. The van der Waals surface area contributed by atoms with Crippen LogP contribution in [0.1, 0.15) is 12.0 Å². The van der Waals surface area contributed by atoms with Crippen molar-refractivity contribution in [3.8, 4) is 0 Å². The first-order chi connectivity index (χ1) is 8.66. The van der Waals surface area contributed by atoms with Crippen LogP contribution in [-0.4, -0.2) is 40.1 Å². The van der Waals surface area contributed by atoms with Gasteiger partial charge in [0.2, 0.25) is 0 Å². The fourth-order valence-corrected chi connectivity index (χ4v) is 1.94. The van der Waals surface area contributed by atoms with E-state index in [0.717, 1.165) is 5.56 Å². The zero-order valence-electron chi connectivity index (χ0n) is 9.87. The minimum absolute atomic E-state index is 0.212. The number of likely N-dealkylation sites (tertiary alicyclic amines) is 1. The summed E-state index contributed by atoms with van der Waals surface area (Å²) in [5.74, 6) is -1.27. The third-order valence-corrected chi connectivity index (χ3v) is 3.02. The van der Waals surface area contributed by atoms with Crippen LogP contribution in [-0.2, 0) is 11.3 Å². The summed E-state index contributed by atoms with van der Waals surface area (Å²) in [4.78, 5) is 28.0. The van der Waals surface area contributed by atoms with E-state index in [1.807, 2.05) is 12.1 Å². The number of aromatic nitrogens is 1. The molecule has 6 heteroatoms. The summed E-state index contributed by atoms with van der Waals surface area (Å²) in [6.07, 6.45) is 3.85. The van der Waals surface area contributed by atoms with E-state index in [-0.39, 0.29) is 12.6 Å². The third kappa shape index (κ3) is 2.97. The molecule has 0 aliphatic carbocycles. The maximum absolute atomic E-state index is 11.8. The third-order valence-electron chi connectivity index (χ3n) is 3.02. The molecule has 18 heavy (non-hydrogen) atoms. The van der Waals surface area contributed by atoms with Crippen LogP contribution in [0.3, 0.4) is 0 Å². The number of nitrogens with zero attached hydrogens (tertiary/aromatic N) is 2. The molecule has 2 amide bonds. The van der Waals surface area contributed by atoms with Crippen LogP contribution in [0.5, 0.6) is 0 Å². The minimum atomic E-state index is -0.834. The minimum Gasteiger partial charge on any atom is -0.481 e. The Kier molecular flexibility index (Phi) is 3.76. The molecule has 2 N–H and O–H groups in total. The van der Waals surface area contributed by atoms with Crippen LogP contribution in [0.15, 0.2) is 24.5 Å². The molecule has 0 spiro atoms. The normalized spacial score (nSPS) is 18.7. The second kappa shape index (κ2) is 5.48. The van der Waals surface area contributed by atoms with Crippen LogP contribution in [0.25, 0.3) is 0 Å². The quantitative estimate of drug-likeness (QED) is 0.826. The van der Waals surface area contributed by atoms with Crippen LogP contribution >= 0.6 is 0 Å². The number of rotatable bonds is 3. The highest BCUT2D eigenvalue weighted by Crippen LogP contribution is 2.16. The Morgan fingerprint density at radius 3 is 2.78 bits per heavy atom. The average Bonchev–Trinajstić information content (AvgIpc) is 2.87. The van der Waals surface area contributed by atoms with Crippen molar-refractivity contribution in [2.24, 2.45) is 5.92 Å². The number of nitrogens with one attached hydrogen (secondary N) is 1. The summed E-state index contributed by atoms with van der Waals surface area (Å²) in [7, 11) is 0. The zero-order valence-corrected chi connectivity index (χ0v) is 9.87. The fraction of sp³-hybridized carbons (Fsp3) is 0.417. The summed E-state index contributed by atoms with van der Waals surface area (Å²) < 4.78 is 0. The van der Waals surface area contributed by atoms with Crippen LogP contribution in [0, 0.1) is 5.92 Å². The van der Waals surface area contributed by atoms with Crippen molar-refractivity contribution >= 4 is 12.0 Å². The van der Waals surface area contributed by atoms with Gasteiger partial charge in [0.25, 0.3) is 0 Å². The number of aliphatic carboxylic acids is 1. The van der Waals surface area contributed by atoms with Crippen molar-refractivity contribution in [2.45, 2.75) is 13.0 Å². The number of urea groups is 1. The van der Waals surface area contributed by atoms with Gasteiger partial charge >= 0.3 is 12.0 Å². The molecule has 1 unspecified atom stereocenters. The van der Waals surface area contributed by atoms with Gasteiger partial charge < -0.3 is 15.3 Å².